The summed E-state index contributed by atoms with van der Waals surface area (Å²) in [5.74, 6) is 0.257. The van der Waals surface area contributed by atoms with Crippen LogP contribution in [0.2, 0.25) is 0 Å². The van der Waals surface area contributed by atoms with Gasteiger partial charge in [0, 0.05) is 30.4 Å². The molecule has 2 heterocycles. The molecule has 0 radical (unpaired) electrons. The normalized spacial score (nSPS) is 9.85. The molecule has 0 saturated carbocycles. The number of nitrogens with zero attached hydrogens (tertiary/aromatic N) is 4. The summed E-state index contributed by atoms with van der Waals surface area (Å²) in [4.78, 5) is 15.7. The second-order valence-electron chi connectivity index (χ2n) is 2.42. The summed E-state index contributed by atoms with van der Waals surface area (Å²) in [7, 11) is 0. The van der Waals surface area contributed by atoms with E-state index in [1.807, 2.05) is 0 Å². The lowest BCUT2D eigenvalue weighted by Gasteiger charge is -1.97. The summed E-state index contributed by atoms with van der Waals surface area (Å²) in [6.07, 6.45) is 8.11. The van der Waals surface area contributed by atoms with Gasteiger partial charge in [0.1, 0.15) is 0 Å². The van der Waals surface area contributed by atoms with Crippen LogP contribution in [0.1, 0.15) is 0 Å². The van der Waals surface area contributed by atoms with Crippen LogP contribution in [0.3, 0.4) is 0 Å². The highest BCUT2D eigenvalue weighted by atomic mass is 15.0. The summed E-state index contributed by atoms with van der Waals surface area (Å²) in [6, 6.07) is 0. The lowest BCUT2D eigenvalue weighted by molar-refractivity contribution is 1.15. The van der Waals surface area contributed by atoms with Crippen LogP contribution in [0.5, 0.6) is 0 Å². The Morgan fingerprint density at radius 1 is 0.923 bits per heavy atom. The standard InChI is InChI=1S/C8H7N5/c9-8-12-3-6(4-13-8)7-5-10-1-2-11-7/h1-5H,(H2,9,12,13). The van der Waals surface area contributed by atoms with E-state index in [4.69, 9.17) is 5.73 Å². The number of aromatic nitrogens is 4. The molecule has 0 aliphatic carbocycles. The first-order valence-corrected chi connectivity index (χ1v) is 3.70. The van der Waals surface area contributed by atoms with E-state index in [1.54, 1.807) is 31.0 Å². The van der Waals surface area contributed by atoms with Crippen LogP contribution in [0.4, 0.5) is 5.95 Å². The quantitative estimate of drug-likeness (QED) is 0.680. The summed E-state index contributed by atoms with van der Waals surface area (Å²) in [6.45, 7) is 0. The van der Waals surface area contributed by atoms with E-state index in [9.17, 15) is 0 Å². The van der Waals surface area contributed by atoms with E-state index in [0.717, 1.165) is 11.3 Å². The van der Waals surface area contributed by atoms with Crippen LogP contribution >= 0.6 is 0 Å². The highest BCUT2D eigenvalue weighted by Crippen LogP contribution is 2.12. The first-order chi connectivity index (χ1) is 6.36. The Bertz CT molecular complexity index is 383. The average molecular weight is 173 g/mol. The zero-order valence-electron chi connectivity index (χ0n) is 6.75. The predicted molar refractivity (Wildman–Crippen MR) is 47.5 cm³/mol. The maximum absolute atomic E-state index is 5.35. The number of hydrogen-bond donors (Lipinski definition) is 1. The first kappa shape index (κ1) is 7.60. The van der Waals surface area contributed by atoms with Gasteiger partial charge in [0.15, 0.2) is 0 Å². The van der Waals surface area contributed by atoms with Gasteiger partial charge in [-0.15, -0.1) is 0 Å². The summed E-state index contributed by atoms with van der Waals surface area (Å²) >= 11 is 0. The molecule has 2 N–H and O–H groups in total. The van der Waals surface area contributed by atoms with Crippen LogP contribution in [-0.2, 0) is 0 Å². The first-order valence-electron chi connectivity index (χ1n) is 3.70. The van der Waals surface area contributed by atoms with Gasteiger partial charge in [-0.2, -0.15) is 0 Å². The Labute approximate surface area is 74.7 Å². The van der Waals surface area contributed by atoms with Gasteiger partial charge >= 0.3 is 0 Å². The van der Waals surface area contributed by atoms with E-state index in [-0.39, 0.29) is 5.95 Å². The van der Waals surface area contributed by atoms with Crippen molar-refractivity contribution in [3.8, 4) is 11.3 Å². The van der Waals surface area contributed by atoms with Gasteiger partial charge in [0.25, 0.3) is 0 Å². The lowest BCUT2D eigenvalue weighted by atomic mass is 10.2. The number of nitrogen functional groups attached to an aromatic ring is 1. The second kappa shape index (κ2) is 3.14. The van der Waals surface area contributed by atoms with Gasteiger partial charge < -0.3 is 5.73 Å². The molecule has 64 valence electrons. The van der Waals surface area contributed by atoms with Crippen molar-refractivity contribution in [3.05, 3.63) is 31.0 Å². The fourth-order valence-corrected chi connectivity index (χ4v) is 0.918. The molecule has 5 heteroatoms. The van der Waals surface area contributed by atoms with Crippen LogP contribution in [0.25, 0.3) is 11.3 Å². The smallest absolute Gasteiger partial charge is 0.219 e. The molecule has 0 spiro atoms. The van der Waals surface area contributed by atoms with Crippen LogP contribution < -0.4 is 5.73 Å². The van der Waals surface area contributed by atoms with Crippen molar-refractivity contribution in [1.82, 2.24) is 19.9 Å². The van der Waals surface area contributed by atoms with Crippen molar-refractivity contribution < 1.29 is 0 Å². The molecule has 0 fully saturated rings. The summed E-state index contributed by atoms with van der Waals surface area (Å²) < 4.78 is 0. The largest absolute Gasteiger partial charge is 0.368 e. The molecule has 0 aliphatic rings. The summed E-state index contributed by atoms with van der Waals surface area (Å²) in [5, 5.41) is 0. The minimum atomic E-state index is 0.257. The molecule has 5 nitrogen and oxygen atoms in total. The SMILES string of the molecule is Nc1ncc(-c2cnccn2)cn1. The van der Waals surface area contributed by atoms with Crippen LogP contribution in [0, 0.1) is 0 Å². The number of rotatable bonds is 1. The molecular formula is C8H7N5. The molecule has 2 aromatic rings. The number of anilines is 1. The van der Waals surface area contributed by atoms with E-state index in [2.05, 4.69) is 19.9 Å². The topological polar surface area (TPSA) is 77.6 Å². The van der Waals surface area contributed by atoms with Gasteiger partial charge in [0.05, 0.1) is 11.9 Å². The number of nitrogens with two attached hydrogens (primary N) is 1. The van der Waals surface area contributed by atoms with Gasteiger partial charge in [-0.1, -0.05) is 0 Å². The second-order valence-corrected chi connectivity index (χ2v) is 2.42. The Morgan fingerprint density at radius 2 is 1.69 bits per heavy atom. The van der Waals surface area contributed by atoms with Crippen LogP contribution in [0.15, 0.2) is 31.0 Å². The molecule has 0 atom stereocenters. The Hall–Kier alpha value is -2.04. The van der Waals surface area contributed by atoms with Crippen molar-refractivity contribution in [1.29, 1.82) is 0 Å². The molecule has 0 aliphatic heterocycles. The van der Waals surface area contributed by atoms with Crippen molar-refractivity contribution in [2.45, 2.75) is 0 Å². The molecule has 0 amide bonds. The van der Waals surface area contributed by atoms with E-state index >= 15 is 0 Å². The maximum Gasteiger partial charge on any atom is 0.219 e. The van der Waals surface area contributed by atoms with Crippen LogP contribution in [-0.4, -0.2) is 19.9 Å². The highest BCUT2D eigenvalue weighted by molar-refractivity contribution is 5.55. The molecule has 0 saturated heterocycles. The lowest BCUT2D eigenvalue weighted by Crippen LogP contribution is -1.94. The van der Waals surface area contributed by atoms with Gasteiger partial charge in [-0.05, 0) is 0 Å². The van der Waals surface area contributed by atoms with Crippen molar-refractivity contribution in [3.63, 3.8) is 0 Å². The molecule has 0 bridgehead atoms. The minimum Gasteiger partial charge on any atom is -0.368 e. The monoisotopic (exact) mass is 173 g/mol. The third-order valence-corrected chi connectivity index (χ3v) is 1.53. The predicted octanol–water partition coefficient (Wildman–Crippen LogP) is 0.516. The van der Waals surface area contributed by atoms with Gasteiger partial charge in [0.2, 0.25) is 5.95 Å². The fourth-order valence-electron chi connectivity index (χ4n) is 0.918. The zero-order valence-corrected chi connectivity index (χ0v) is 6.75. The zero-order chi connectivity index (χ0) is 9.10. The average Bonchev–Trinajstić information content (AvgIpc) is 2.20. The third kappa shape index (κ3) is 1.58. The third-order valence-electron chi connectivity index (χ3n) is 1.53. The molecular weight excluding hydrogens is 166 g/mol. The number of hydrogen-bond acceptors (Lipinski definition) is 5. The van der Waals surface area contributed by atoms with E-state index in [0.29, 0.717) is 0 Å². The minimum absolute atomic E-state index is 0.257. The van der Waals surface area contributed by atoms with Crippen molar-refractivity contribution in [2.24, 2.45) is 0 Å². The fraction of sp³-hybridized carbons (Fsp3) is 0. The van der Waals surface area contributed by atoms with E-state index < -0.39 is 0 Å². The summed E-state index contributed by atoms with van der Waals surface area (Å²) in [5.41, 5.74) is 6.89. The van der Waals surface area contributed by atoms with Gasteiger partial charge in [-0.25, -0.2) is 9.97 Å². The molecule has 0 aromatic carbocycles. The molecule has 13 heavy (non-hydrogen) atoms. The van der Waals surface area contributed by atoms with E-state index in [1.165, 1.54) is 0 Å². The highest BCUT2D eigenvalue weighted by Gasteiger charge is 1.98. The molecule has 0 unspecified atom stereocenters. The Morgan fingerprint density at radius 3 is 2.31 bits per heavy atom. The Balaban J connectivity index is 2.42. The maximum atomic E-state index is 5.35. The molecule has 2 rings (SSSR count). The van der Waals surface area contributed by atoms with Crippen molar-refractivity contribution >= 4 is 5.95 Å². The molecule has 2 aromatic heterocycles. The Kier molecular flexibility index (Phi) is 1.84. The van der Waals surface area contributed by atoms with Crippen molar-refractivity contribution in [2.75, 3.05) is 5.73 Å². The van der Waals surface area contributed by atoms with Gasteiger partial charge in [-0.3, -0.25) is 9.97 Å².